The lowest BCUT2D eigenvalue weighted by Crippen LogP contribution is -2.59. The molecule has 0 aromatic heterocycles. The topological polar surface area (TPSA) is 42.0 Å². The summed E-state index contributed by atoms with van der Waals surface area (Å²) < 4.78 is 11.2. The highest BCUT2D eigenvalue weighted by molar-refractivity contribution is 5.85. The van der Waals surface area contributed by atoms with Gasteiger partial charge in [-0.3, -0.25) is 9.69 Å². The third-order valence-electron chi connectivity index (χ3n) is 4.75. The third kappa shape index (κ3) is 2.96. The highest BCUT2D eigenvalue weighted by atomic mass is 16.5. The molecule has 1 aromatic carbocycles. The van der Waals surface area contributed by atoms with Gasteiger partial charge in [0, 0.05) is 33.2 Å². The zero-order valence-electron chi connectivity index (χ0n) is 13.4. The summed E-state index contributed by atoms with van der Waals surface area (Å²) in [5.74, 6) is 1.04. The van der Waals surface area contributed by atoms with E-state index in [1.54, 1.807) is 12.0 Å². The molecule has 2 heterocycles. The van der Waals surface area contributed by atoms with E-state index in [0.717, 1.165) is 38.2 Å². The Morgan fingerprint density at radius 1 is 1.27 bits per heavy atom. The molecule has 0 radical (unpaired) electrons. The number of morpholine rings is 1. The summed E-state index contributed by atoms with van der Waals surface area (Å²) in [7, 11) is 3.56. The van der Waals surface area contributed by atoms with Gasteiger partial charge in [0.25, 0.3) is 5.91 Å². The minimum absolute atomic E-state index is 0.153. The van der Waals surface area contributed by atoms with E-state index in [4.69, 9.17) is 9.47 Å². The number of benzene rings is 1. The molecule has 3 rings (SSSR count). The predicted octanol–water partition coefficient (Wildman–Crippen LogP) is 1.52. The Bertz CT molecular complexity index is 538. The number of hydrogen-bond acceptors (Lipinski definition) is 4. The first-order valence-corrected chi connectivity index (χ1v) is 7.88. The Kier molecular flexibility index (Phi) is 4.36. The Hall–Kier alpha value is -1.59. The van der Waals surface area contributed by atoms with Crippen LogP contribution in [0.2, 0.25) is 0 Å². The zero-order valence-corrected chi connectivity index (χ0v) is 13.4. The average molecular weight is 304 g/mol. The van der Waals surface area contributed by atoms with Crippen LogP contribution in [0, 0.1) is 0 Å². The number of methoxy groups -OCH3 is 1. The summed E-state index contributed by atoms with van der Waals surface area (Å²) in [6.07, 6.45) is 1.56. The number of ether oxygens (including phenoxy) is 2. The van der Waals surface area contributed by atoms with Crippen LogP contribution in [0.25, 0.3) is 0 Å². The van der Waals surface area contributed by atoms with Gasteiger partial charge in [-0.2, -0.15) is 0 Å². The Morgan fingerprint density at radius 3 is 2.77 bits per heavy atom. The van der Waals surface area contributed by atoms with Gasteiger partial charge in [0.1, 0.15) is 11.4 Å². The first-order valence-electron chi connectivity index (χ1n) is 7.88. The molecule has 0 aliphatic carbocycles. The predicted molar refractivity (Wildman–Crippen MR) is 83.8 cm³/mol. The smallest absolute Gasteiger partial charge is 0.254 e. The fourth-order valence-electron chi connectivity index (χ4n) is 3.35. The van der Waals surface area contributed by atoms with Crippen molar-refractivity contribution in [3.05, 3.63) is 29.8 Å². The highest BCUT2D eigenvalue weighted by Gasteiger charge is 2.46. The molecule has 0 bridgehead atoms. The Morgan fingerprint density at radius 2 is 2.05 bits per heavy atom. The second-order valence-electron chi connectivity index (χ2n) is 6.20. The fourth-order valence-corrected chi connectivity index (χ4v) is 3.35. The molecule has 0 unspecified atom stereocenters. The van der Waals surface area contributed by atoms with E-state index in [2.05, 4.69) is 17.0 Å². The molecule has 0 atom stereocenters. The van der Waals surface area contributed by atoms with Crippen molar-refractivity contribution in [3.63, 3.8) is 0 Å². The second-order valence-corrected chi connectivity index (χ2v) is 6.20. The van der Waals surface area contributed by atoms with Crippen LogP contribution in [-0.2, 0) is 16.1 Å². The van der Waals surface area contributed by atoms with Crippen molar-refractivity contribution in [2.24, 2.45) is 0 Å². The van der Waals surface area contributed by atoms with Crippen LogP contribution in [-0.4, -0.2) is 61.7 Å². The van der Waals surface area contributed by atoms with Crippen LogP contribution in [0.15, 0.2) is 24.3 Å². The van der Waals surface area contributed by atoms with Crippen molar-refractivity contribution in [1.82, 2.24) is 9.80 Å². The molecule has 22 heavy (non-hydrogen) atoms. The van der Waals surface area contributed by atoms with Crippen molar-refractivity contribution in [2.75, 3.05) is 40.4 Å². The van der Waals surface area contributed by atoms with Gasteiger partial charge < -0.3 is 14.4 Å². The SMILES string of the molecule is COc1cccc(CN2CCC3(CC2)OCCN(C)C3=O)c1. The van der Waals surface area contributed by atoms with E-state index in [1.807, 2.05) is 19.2 Å². The van der Waals surface area contributed by atoms with E-state index in [1.165, 1.54) is 5.56 Å². The van der Waals surface area contributed by atoms with Crippen LogP contribution in [0.4, 0.5) is 0 Å². The maximum Gasteiger partial charge on any atom is 0.254 e. The van der Waals surface area contributed by atoms with E-state index in [9.17, 15) is 4.79 Å². The summed E-state index contributed by atoms with van der Waals surface area (Å²) in [6.45, 7) is 4.01. The van der Waals surface area contributed by atoms with E-state index in [-0.39, 0.29) is 5.91 Å². The summed E-state index contributed by atoms with van der Waals surface area (Å²) >= 11 is 0. The highest BCUT2D eigenvalue weighted by Crippen LogP contribution is 2.31. The molecule has 0 saturated carbocycles. The van der Waals surface area contributed by atoms with Crippen molar-refractivity contribution in [2.45, 2.75) is 25.0 Å². The Labute approximate surface area is 131 Å². The van der Waals surface area contributed by atoms with Crippen molar-refractivity contribution in [1.29, 1.82) is 0 Å². The zero-order chi connectivity index (χ0) is 15.6. The monoisotopic (exact) mass is 304 g/mol. The van der Waals surface area contributed by atoms with Crippen LogP contribution >= 0.6 is 0 Å². The van der Waals surface area contributed by atoms with Crippen LogP contribution in [0.5, 0.6) is 5.75 Å². The molecule has 0 N–H and O–H groups in total. The molecule has 2 aliphatic heterocycles. The summed E-state index contributed by atoms with van der Waals surface area (Å²) in [5, 5.41) is 0. The van der Waals surface area contributed by atoms with Gasteiger partial charge in [-0.15, -0.1) is 0 Å². The molecular formula is C17H24N2O3. The number of amides is 1. The van der Waals surface area contributed by atoms with E-state index in [0.29, 0.717) is 13.2 Å². The van der Waals surface area contributed by atoms with E-state index >= 15 is 0 Å². The van der Waals surface area contributed by atoms with Gasteiger partial charge in [-0.1, -0.05) is 12.1 Å². The average Bonchev–Trinajstić information content (AvgIpc) is 2.55. The normalized spacial score (nSPS) is 22.1. The molecule has 1 amide bonds. The summed E-state index contributed by atoms with van der Waals surface area (Å²) in [6, 6.07) is 8.16. The van der Waals surface area contributed by atoms with Crippen LogP contribution < -0.4 is 4.74 Å². The number of likely N-dealkylation sites (N-methyl/N-ethyl adjacent to an activating group) is 1. The molecule has 2 fully saturated rings. The summed E-state index contributed by atoms with van der Waals surface area (Å²) in [5.41, 5.74) is 0.668. The van der Waals surface area contributed by atoms with Gasteiger partial charge in [0.05, 0.1) is 13.7 Å². The minimum Gasteiger partial charge on any atom is -0.497 e. The second kappa shape index (κ2) is 6.26. The molecule has 2 aliphatic rings. The summed E-state index contributed by atoms with van der Waals surface area (Å²) in [4.78, 5) is 16.6. The lowest BCUT2D eigenvalue weighted by atomic mass is 9.88. The van der Waals surface area contributed by atoms with E-state index < -0.39 is 5.60 Å². The third-order valence-corrected chi connectivity index (χ3v) is 4.75. The maximum atomic E-state index is 12.4. The molecular weight excluding hydrogens is 280 g/mol. The molecule has 5 nitrogen and oxygen atoms in total. The number of carbonyl (C=O) groups is 1. The fraction of sp³-hybridized carbons (Fsp3) is 0.588. The molecule has 2 saturated heterocycles. The lowest BCUT2D eigenvalue weighted by Gasteiger charge is -2.45. The quantitative estimate of drug-likeness (QED) is 0.849. The van der Waals surface area contributed by atoms with Crippen molar-refractivity contribution < 1.29 is 14.3 Å². The molecule has 5 heteroatoms. The standard InChI is InChI=1S/C17H24N2O3/c1-18-10-11-22-17(16(18)20)6-8-19(9-7-17)13-14-4-3-5-15(12-14)21-2/h3-5,12H,6-11,13H2,1-2H3. The number of nitrogens with zero attached hydrogens (tertiary/aromatic N) is 2. The molecule has 120 valence electrons. The first-order chi connectivity index (χ1) is 10.6. The lowest BCUT2D eigenvalue weighted by molar-refractivity contribution is -0.177. The van der Waals surface area contributed by atoms with Crippen LogP contribution in [0.1, 0.15) is 18.4 Å². The first kappa shape index (κ1) is 15.3. The molecule has 1 spiro atoms. The Balaban J connectivity index is 1.60. The largest absolute Gasteiger partial charge is 0.497 e. The van der Waals surface area contributed by atoms with Gasteiger partial charge in [0.2, 0.25) is 0 Å². The van der Waals surface area contributed by atoms with Crippen molar-refractivity contribution in [3.8, 4) is 5.75 Å². The number of likely N-dealkylation sites (tertiary alicyclic amines) is 1. The maximum absolute atomic E-state index is 12.4. The van der Waals surface area contributed by atoms with Crippen molar-refractivity contribution >= 4 is 5.91 Å². The van der Waals surface area contributed by atoms with Crippen LogP contribution in [0.3, 0.4) is 0 Å². The van der Waals surface area contributed by atoms with Gasteiger partial charge >= 0.3 is 0 Å². The number of hydrogen-bond donors (Lipinski definition) is 0. The van der Waals surface area contributed by atoms with Gasteiger partial charge in [0.15, 0.2) is 0 Å². The number of carbonyl (C=O) groups excluding carboxylic acids is 1. The van der Waals surface area contributed by atoms with Gasteiger partial charge in [-0.05, 0) is 30.5 Å². The van der Waals surface area contributed by atoms with Gasteiger partial charge in [-0.25, -0.2) is 0 Å². The number of rotatable bonds is 3. The molecule has 1 aromatic rings. The minimum atomic E-state index is -0.572. The number of piperidine rings is 1.